The van der Waals surface area contributed by atoms with Crippen molar-refractivity contribution in [2.24, 2.45) is 0 Å². The first-order valence-corrected chi connectivity index (χ1v) is 25.3. The summed E-state index contributed by atoms with van der Waals surface area (Å²) in [6.45, 7) is 46.6. The number of aromatic nitrogens is 3. The molecule has 360 valence electrons. The molecule has 0 amide bonds. The summed E-state index contributed by atoms with van der Waals surface area (Å²) in [7, 11) is 0. The van der Waals surface area contributed by atoms with Crippen molar-refractivity contribution in [3.8, 4) is 0 Å². The van der Waals surface area contributed by atoms with Crippen LogP contribution in [0.25, 0.3) is 0 Å². The Morgan fingerprint density at radius 2 is 0.629 bits per heavy atom. The zero-order chi connectivity index (χ0) is 46.3. The van der Waals surface area contributed by atoms with E-state index in [-0.39, 0.29) is 51.4 Å². The average Bonchev–Trinajstić information content (AvgIpc) is 3.14. The molecule has 62 heavy (non-hydrogen) atoms. The second-order valence-corrected chi connectivity index (χ2v) is 23.0. The smallest absolute Gasteiger partial charge is 0.232 e. The van der Waals surface area contributed by atoms with E-state index >= 15 is 0 Å². The first kappa shape index (κ1) is 52.8. The molecule has 0 atom stereocenters. The summed E-state index contributed by atoms with van der Waals surface area (Å²) in [5.74, 6) is 2.47. The average molecular weight is 872 g/mol. The van der Waals surface area contributed by atoms with Gasteiger partial charge in [-0.15, -0.1) is 0 Å². The van der Waals surface area contributed by atoms with E-state index in [1.165, 1.54) is 0 Å². The van der Waals surface area contributed by atoms with Crippen LogP contribution >= 0.6 is 0 Å². The molecule has 4 rings (SSSR count). The quantitative estimate of drug-likeness (QED) is 0.105. The summed E-state index contributed by atoms with van der Waals surface area (Å²) in [6.07, 6.45) is 14.0. The standard InChI is InChI=1S/C50H97N9O3/c1-19-25-28-55(40-35-47(11,12)58(61-31-23-5)48(13,14)36-40)43-51-42(54(27-21-3)39-33-45(7,8)57(60-30-22-4)46(9,10)34-39)52-44(53-43)56(29-26-20-2)41-37-49(15,16)59(62-32-24-6)50(17,18)38-41/h39-41H,19-38H2,1-18H3. The minimum Gasteiger partial charge on any atom is -0.338 e. The van der Waals surface area contributed by atoms with E-state index in [0.717, 1.165) is 147 Å². The highest BCUT2D eigenvalue weighted by Crippen LogP contribution is 2.45. The van der Waals surface area contributed by atoms with Gasteiger partial charge in [0.25, 0.3) is 0 Å². The van der Waals surface area contributed by atoms with Crippen LogP contribution in [0.3, 0.4) is 0 Å². The van der Waals surface area contributed by atoms with Gasteiger partial charge >= 0.3 is 0 Å². The summed E-state index contributed by atoms with van der Waals surface area (Å²) in [5, 5.41) is 6.91. The predicted octanol–water partition coefficient (Wildman–Crippen LogP) is 11.4. The van der Waals surface area contributed by atoms with Crippen LogP contribution in [0.4, 0.5) is 17.8 Å². The topological polar surface area (TPSA) is 85.8 Å². The van der Waals surface area contributed by atoms with Crippen LogP contribution in [0.5, 0.6) is 0 Å². The number of rotatable bonds is 23. The van der Waals surface area contributed by atoms with Crippen LogP contribution in [0, 0.1) is 0 Å². The molecule has 1 aromatic rings. The second kappa shape index (κ2) is 21.6. The van der Waals surface area contributed by atoms with Gasteiger partial charge in [0.1, 0.15) is 0 Å². The highest BCUT2D eigenvalue weighted by molar-refractivity contribution is 5.49. The number of hydrogen-bond acceptors (Lipinski definition) is 12. The zero-order valence-electron chi connectivity index (χ0n) is 43.6. The monoisotopic (exact) mass is 872 g/mol. The number of nitrogens with zero attached hydrogens (tertiary/aromatic N) is 9. The van der Waals surface area contributed by atoms with Crippen LogP contribution in [0.15, 0.2) is 0 Å². The first-order chi connectivity index (χ1) is 28.9. The van der Waals surface area contributed by atoms with Crippen molar-refractivity contribution >= 4 is 17.8 Å². The molecule has 4 heterocycles. The van der Waals surface area contributed by atoms with Gasteiger partial charge in [0.05, 0.1) is 19.8 Å². The molecule has 3 aliphatic heterocycles. The fraction of sp³-hybridized carbons (Fsp3) is 0.940. The summed E-state index contributed by atoms with van der Waals surface area (Å²) in [6, 6.07) is 0.688. The van der Waals surface area contributed by atoms with Crippen LogP contribution in [0.2, 0.25) is 0 Å². The largest absolute Gasteiger partial charge is 0.338 e. The third-order valence-corrected chi connectivity index (χ3v) is 13.6. The van der Waals surface area contributed by atoms with Gasteiger partial charge < -0.3 is 14.7 Å². The van der Waals surface area contributed by atoms with Gasteiger partial charge in [0, 0.05) is 71.0 Å². The summed E-state index contributed by atoms with van der Waals surface area (Å²) < 4.78 is 0. The maximum atomic E-state index is 6.54. The molecule has 3 saturated heterocycles. The van der Waals surface area contributed by atoms with Crippen LogP contribution in [-0.4, -0.2) is 121 Å². The first-order valence-electron chi connectivity index (χ1n) is 25.3. The van der Waals surface area contributed by atoms with Crippen molar-refractivity contribution in [2.45, 2.75) is 266 Å². The minimum atomic E-state index is -0.178. The molecular weight excluding hydrogens is 775 g/mol. The molecule has 12 nitrogen and oxygen atoms in total. The maximum absolute atomic E-state index is 6.54. The normalized spacial score (nSPS) is 23.1. The zero-order valence-corrected chi connectivity index (χ0v) is 43.6. The fourth-order valence-electron chi connectivity index (χ4n) is 11.9. The number of hydroxylamine groups is 6. The molecule has 3 aliphatic rings. The lowest BCUT2D eigenvalue weighted by Gasteiger charge is -2.56. The Bertz CT molecular complexity index is 1380. The van der Waals surface area contributed by atoms with Crippen LogP contribution in [0.1, 0.15) is 215 Å². The van der Waals surface area contributed by atoms with Crippen molar-refractivity contribution in [1.29, 1.82) is 0 Å². The number of hydrogen-bond donors (Lipinski definition) is 0. The molecule has 0 spiro atoms. The summed E-state index contributed by atoms with van der Waals surface area (Å²) in [5.41, 5.74) is -1.07. The summed E-state index contributed by atoms with van der Waals surface area (Å²) >= 11 is 0. The lowest BCUT2D eigenvalue weighted by Crippen LogP contribution is -2.65. The lowest BCUT2D eigenvalue weighted by atomic mass is 9.78. The highest BCUT2D eigenvalue weighted by atomic mass is 16.7. The SMILES string of the molecule is CCCCN(c1nc(N(CCC)C2CC(C)(C)N(OCCC)C(C)(C)C2)nc(N(CCCC)C2CC(C)(C)N(OCCC)C(C)(C)C2)n1)C1CC(C)(C)N(OCCC)C(C)(C)C1. The molecule has 0 N–H and O–H groups in total. The number of unbranched alkanes of at least 4 members (excludes halogenated alkanes) is 2. The Morgan fingerprint density at radius 3 is 0.839 bits per heavy atom. The van der Waals surface area contributed by atoms with E-state index in [1.54, 1.807) is 0 Å². The van der Waals surface area contributed by atoms with E-state index in [0.29, 0.717) is 0 Å². The van der Waals surface area contributed by atoms with Crippen LogP contribution < -0.4 is 14.7 Å². The molecule has 0 bridgehead atoms. The van der Waals surface area contributed by atoms with E-state index in [4.69, 9.17) is 29.5 Å². The Kier molecular flexibility index (Phi) is 18.4. The molecule has 12 heteroatoms. The van der Waals surface area contributed by atoms with Gasteiger partial charge in [-0.05, 0) is 160 Å². The number of piperidine rings is 3. The van der Waals surface area contributed by atoms with Crippen molar-refractivity contribution in [1.82, 2.24) is 30.1 Å². The van der Waals surface area contributed by atoms with Crippen molar-refractivity contribution in [3.05, 3.63) is 0 Å². The third kappa shape index (κ3) is 12.5. The fourth-order valence-corrected chi connectivity index (χ4v) is 11.9. The van der Waals surface area contributed by atoms with Crippen LogP contribution in [-0.2, 0) is 14.5 Å². The van der Waals surface area contributed by atoms with Gasteiger partial charge in [-0.2, -0.15) is 30.1 Å². The Labute approximate surface area is 381 Å². The molecular formula is C50H97N9O3. The molecule has 0 aromatic carbocycles. The Hall–Kier alpha value is -1.83. The van der Waals surface area contributed by atoms with E-state index in [1.807, 2.05) is 0 Å². The highest BCUT2D eigenvalue weighted by Gasteiger charge is 2.52. The van der Waals surface area contributed by atoms with Crippen molar-refractivity contribution in [3.63, 3.8) is 0 Å². The molecule has 0 saturated carbocycles. The molecule has 3 fully saturated rings. The number of anilines is 3. The molecule has 0 unspecified atom stereocenters. The van der Waals surface area contributed by atoms with Gasteiger partial charge in [-0.1, -0.05) is 54.4 Å². The van der Waals surface area contributed by atoms with Gasteiger partial charge in [-0.25, -0.2) is 0 Å². The van der Waals surface area contributed by atoms with Crippen molar-refractivity contribution < 1.29 is 14.5 Å². The maximum Gasteiger partial charge on any atom is 0.232 e. The van der Waals surface area contributed by atoms with Gasteiger partial charge in [0.15, 0.2) is 0 Å². The summed E-state index contributed by atoms with van der Waals surface area (Å²) in [4.78, 5) is 44.4. The molecule has 0 aliphatic carbocycles. The van der Waals surface area contributed by atoms with Crippen molar-refractivity contribution in [2.75, 3.05) is 54.2 Å². The molecule has 1 aromatic heterocycles. The Balaban J connectivity index is 1.95. The minimum absolute atomic E-state index is 0.178. The second-order valence-electron chi connectivity index (χ2n) is 23.0. The molecule has 0 radical (unpaired) electrons. The van der Waals surface area contributed by atoms with Gasteiger partial charge in [0.2, 0.25) is 17.8 Å². The third-order valence-electron chi connectivity index (χ3n) is 13.6. The lowest BCUT2D eigenvalue weighted by molar-refractivity contribution is -0.282. The van der Waals surface area contributed by atoms with E-state index < -0.39 is 0 Å². The van der Waals surface area contributed by atoms with E-state index in [2.05, 4.69) is 155 Å². The predicted molar refractivity (Wildman–Crippen MR) is 260 cm³/mol. The van der Waals surface area contributed by atoms with Gasteiger partial charge in [-0.3, -0.25) is 14.5 Å². The van der Waals surface area contributed by atoms with E-state index in [9.17, 15) is 0 Å². The Morgan fingerprint density at radius 1 is 0.387 bits per heavy atom.